The summed E-state index contributed by atoms with van der Waals surface area (Å²) in [5, 5.41) is 0. The van der Waals surface area contributed by atoms with Crippen molar-refractivity contribution < 1.29 is 0 Å². The molecule has 0 aliphatic carbocycles. The van der Waals surface area contributed by atoms with Gasteiger partial charge < -0.3 is 5.73 Å². The first-order chi connectivity index (χ1) is 3.41. The molecular weight excluding hydrogens is 134 g/mol. The van der Waals surface area contributed by atoms with Crippen LogP contribution in [0.3, 0.4) is 0 Å². The third-order valence-corrected chi connectivity index (χ3v) is 12.8. The van der Waals surface area contributed by atoms with E-state index < -0.39 is 0 Å². The molecule has 0 aliphatic rings. The van der Waals surface area contributed by atoms with Crippen molar-refractivity contribution in [2.45, 2.75) is 12.5 Å². The molecule has 0 rings (SSSR count). The summed E-state index contributed by atoms with van der Waals surface area (Å²) in [4.78, 5) is 0. The second-order valence-corrected chi connectivity index (χ2v) is 18.4. The van der Waals surface area contributed by atoms with Gasteiger partial charge in [-0.3, -0.25) is 0 Å². The molecule has 7 heavy (non-hydrogen) atoms. The van der Waals surface area contributed by atoms with Gasteiger partial charge >= 0.3 is 0 Å². The van der Waals surface area contributed by atoms with Gasteiger partial charge in [0, 0.05) is 9.04 Å². The Balaban J connectivity index is 2.45. The van der Waals surface area contributed by atoms with Crippen molar-refractivity contribution in [2.24, 2.45) is 5.73 Å². The van der Waals surface area contributed by atoms with Crippen LogP contribution in [0.1, 0.15) is 6.42 Å². The summed E-state index contributed by atoms with van der Waals surface area (Å²) in [5.41, 5.74) is 5.32. The van der Waals surface area contributed by atoms with Crippen LogP contribution in [0.25, 0.3) is 0 Å². The molecule has 0 aliphatic heterocycles. The fraction of sp³-hybridized carbons (Fsp3) is 1.00. The molecule has 0 unspecified atom stereocenters. The monoisotopic (exact) mass is 149 g/mol. The molecule has 0 saturated heterocycles. The zero-order valence-corrected chi connectivity index (χ0v) is 9.94. The van der Waals surface area contributed by atoms with E-state index in [1.54, 1.807) is 15.8 Å². The van der Waals surface area contributed by atoms with Crippen molar-refractivity contribution in [3.05, 3.63) is 0 Å². The van der Waals surface area contributed by atoms with E-state index in [1.165, 1.54) is 6.42 Å². The Morgan fingerprint density at radius 3 is 2.71 bits per heavy atom. The van der Waals surface area contributed by atoms with Crippen LogP contribution < -0.4 is 5.73 Å². The molecule has 0 bridgehead atoms. The Bertz CT molecular complexity index is 29.4. The van der Waals surface area contributed by atoms with Gasteiger partial charge in [0.1, 0.15) is 0 Å². The third kappa shape index (κ3) is 6.61. The van der Waals surface area contributed by atoms with Gasteiger partial charge in [0.2, 0.25) is 0 Å². The summed E-state index contributed by atoms with van der Waals surface area (Å²) in [6.45, 7) is 0.933. The summed E-state index contributed by atoms with van der Waals surface area (Å²) in [6, 6.07) is 1.55. The average molecular weight is 149 g/mol. The lowest BCUT2D eigenvalue weighted by Gasteiger charge is -1.89. The lowest BCUT2D eigenvalue weighted by molar-refractivity contribution is 0.928. The van der Waals surface area contributed by atoms with Gasteiger partial charge in [-0.05, 0) is 31.3 Å². The maximum absolute atomic E-state index is 5.32. The lowest BCUT2D eigenvalue weighted by atomic mass is 10.5. The predicted molar refractivity (Wildman–Crippen MR) is 45.5 cm³/mol. The number of rotatable bonds is 4. The molecule has 1 nitrogen and oxygen atoms in total. The third-order valence-electron chi connectivity index (χ3n) is 1.06. The Morgan fingerprint density at radius 2 is 2.29 bits per heavy atom. The van der Waals surface area contributed by atoms with E-state index in [9.17, 15) is 0 Å². The highest BCUT2D eigenvalue weighted by Gasteiger charge is 1.82. The van der Waals surface area contributed by atoms with Gasteiger partial charge in [-0.25, -0.2) is 0 Å². The van der Waals surface area contributed by atoms with Crippen molar-refractivity contribution in [3.8, 4) is 0 Å². The molecule has 2 N–H and O–H groups in total. The Kier molecular flexibility index (Phi) is 7.19. The Morgan fingerprint density at radius 1 is 1.57 bits per heavy atom. The van der Waals surface area contributed by atoms with Crippen LogP contribution in [0.2, 0.25) is 6.04 Å². The molecule has 44 valence electrons. The predicted octanol–water partition coefficient (Wildman–Crippen LogP) is -2.71. The molecule has 0 aromatic carbocycles. The summed E-state index contributed by atoms with van der Waals surface area (Å²) in [5.74, 6) is 0. The minimum atomic E-state index is 0.531. The minimum Gasteiger partial charge on any atom is -0.330 e. The average Bonchev–Trinajstić information content (AvgIpc) is 1.69. The van der Waals surface area contributed by atoms with E-state index in [4.69, 9.17) is 5.73 Å². The highest BCUT2D eigenvalue weighted by atomic mass is 29.5. The molecule has 0 saturated carbocycles. The fourth-order valence-corrected chi connectivity index (χ4v) is 8.77. The summed E-state index contributed by atoms with van der Waals surface area (Å²) < 4.78 is 0. The molecule has 4 heteroatoms. The van der Waals surface area contributed by atoms with Gasteiger partial charge in [0.15, 0.2) is 0 Å². The van der Waals surface area contributed by atoms with Crippen LogP contribution in [-0.2, 0) is 0 Å². The van der Waals surface area contributed by atoms with Crippen molar-refractivity contribution in [2.75, 3.05) is 6.54 Å². The maximum Gasteiger partial charge on any atom is 0.00466 e. The molecule has 0 fully saturated rings. The first kappa shape index (κ1) is 7.61. The quantitative estimate of drug-likeness (QED) is 0.341. The lowest BCUT2D eigenvalue weighted by Crippen LogP contribution is -2.05. The van der Waals surface area contributed by atoms with E-state index in [1.807, 2.05) is 0 Å². The normalized spacial score (nSPS) is 13.3. The first-order valence-corrected chi connectivity index (χ1v) is 13.8. The number of hydrogen-bond donors (Lipinski definition) is 1. The van der Waals surface area contributed by atoms with Gasteiger partial charge in [0.05, 0.1) is 0 Å². The molecular formula is C3H15NSi3. The van der Waals surface area contributed by atoms with Crippen LogP contribution >= 0.6 is 0 Å². The summed E-state index contributed by atoms with van der Waals surface area (Å²) >= 11 is 0. The molecule has 0 aromatic heterocycles. The van der Waals surface area contributed by atoms with Gasteiger partial charge in [-0.1, -0.05) is 6.04 Å². The van der Waals surface area contributed by atoms with E-state index in [0.717, 1.165) is 6.54 Å². The highest BCUT2D eigenvalue weighted by Crippen LogP contribution is 1.80. The van der Waals surface area contributed by atoms with E-state index >= 15 is 0 Å². The molecule has 0 amide bonds. The van der Waals surface area contributed by atoms with E-state index in [-0.39, 0.29) is 0 Å². The van der Waals surface area contributed by atoms with Crippen LogP contribution in [-0.4, -0.2) is 33.9 Å². The second kappa shape index (κ2) is 6.61. The molecule has 0 heterocycles. The highest BCUT2D eigenvalue weighted by molar-refractivity contribution is 7.23. The minimum absolute atomic E-state index is 0.531. The molecule has 0 aromatic rings. The van der Waals surface area contributed by atoms with Crippen LogP contribution in [0, 0.1) is 0 Å². The standard InChI is InChI=1S/C3H15NSi3/c4-2-1-3-6-7-5/h1-4,6-7H2,5H3. The molecule has 0 radical (unpaired) electrons. The Hall–Kier alpha value is 0.611. The number of hydrogen-bond acceptors (Lipinski definition) is 1. The summed E-state index contributed by atoms with van der Waals surface area (Å²) in [7, 11) is 2.71. The van der Waals surface area contributed by atoms with Gasteiger partial charge in [-0.15, -0.1) is 0 Å². The SMILES string of the molecule is NCCC[SiH2][SiH2][SiH3]. The van der Waals surface area contributed by atoms with Crippen LogP contribution in [0.4, 0.5) is 0 Å². The van der Waals surface area contributed by atoms with Gasteiger partial charge in [0.25, 0.3) is 0 Å². The first-order valence-electron chi connectivity index (χ1n) is 3.12. The van der Waals surface area contributed by atoms with Crippen molar-refractivity contribution in [1.29, 1.82) is 0 Å². The van der Waals surface area contributed by atoms with Crippen molar-refractivity contribution in [3.63, 3.8) is 0 Å². The van der Waals surface area contributed by atoms with Crippen molar-refractivity contribution in [1.82, 2.24) is 0 Å². The smallest absolute Gasteiger partial charge is 0.00466 e. The van der Waals surface area contributed by atoms with Crippen molar-refractivity contribution >= 4 is 27.4 Å². The Labute approximate surface area is 52.7 Å². The van der Waals surface area contributed by atoms with Crippen LogP contribution in [0.15, 0.2) is 0 Å². The zero-order valence-electron chi connectivity index (χ0n) is 5.11. The second-order valence-electron chi connectivity index (χ2n) is 1.85. The van der Waals surface area contributed by atoms with E-state index in [2.05, 4.69) is 0 Å². The largest absolute Gasteiger partial charge is 0.330 e. The topological polar surface area (TPSA) is 26.0 Å². The van der Waals surface area contributed by atoms with Crippen LogP contribution in [0.5, 0.6) is 0 Å². The number of nitrogens with two attached hydrogens (primary N) is 1. The van der Waals surface area contributed by atoms with E-state index in [0.29, 0.717) is 17.6 Å². The van der Waals surface area contributed by atoms with Gasteiger partial charge in [-0.2, -0.15) is 0 Å². The summed E-state index contributed by atoms with van der Waals surface area (Å²) in [6.07, 6.45) is 1.32. The molecule has 0 atom stereocenters. The maximum atomic E-state index is 5.32. The fourth-order valence-electron chi connectivity index (χ4n) is 0.571. The zero-order chi connectivity index (χ0) is 5.54. The molecule has 0 spiro atoms.